The summed E-state index contributed by atoms with van der Waals surface area (Å²) < 4.78 is 0. The van der Waals surface area contributed by atoms with Gasteiger partial charge in [0, 0.05) is 28.3 Å². The molecular weight excluding hydrogens is 353 g/mol. The van der Waals surface area contributed by atoms with Gasteiger partial charge in [-0.25, -0.2) is 0 Å². The van der Waals surface area contributed by atoms with Crippen molar-refractivity contribution in [2.24, 2.45) is 0 Å². The summed E-state index contributed by atoms with van der Waals surface area (Å²) in [6, 6.07) is 12.1. The maximum Gasteiger partial charge on any atom is 0.225 e. The van der Waals surface area contributed by atoms with Crippen LogP contribution in [0.4, 0.5) is 5.69 Å². The van der Waals surface area contributed by atoms with Crippen molar-refractivity contribution in [2.75, 3.05) is 11.1 Å². The maximum absolute atomic E-state index is 11.9. The Morgan fingerprint density at radius 3 is 2.22 bits per heavy atom. The van der Waals surface area contributed by atoms with Crippen LogP contribution in [0.1, 0.15) is 23.7 Å². The first-order valence-corrected chi connectivity index (χ1v) is 8.69. The zero-order valence-electron chi connectivity index (χ0n) is 12.4. The number of thioether (sulfide) groups is 1. The molecule has 0 fully saturated rings. The van der Waals surface area contributed by atoms with Crippen LogP contribution < -0.4 is 5.32 Å². The number of hydrogen-bond donors (Lipinski definition) is 1. The monoisotopic (exact) mass is 367 g/mol. The smallest absolute Gasteiger partial charge is 0.225 e. The molecule has 0 radical (unpaired) electrons. The molecule has 120 valence electrons. The van der Waals surface area contributed by atoms with Crippen LogP contribution in [0.3, 0.4) is 0 Å². The molecule has 2 aromatic carbocycles. The van der Waals surface area contributed by atoms with Crippen LogP contribution in [0.2, 0.25) is 10.0 Å². The summed E-state index contributed by atoms with van der Waals surface area (Å²) in [4.78, 5) is 23.9. The van der Waals surface area contributed by atoms with Gasteiger partial charge in [-0.3, -0.25) is 9.59 Å². The average molecular weight is 368 g/mol. The van der Waals surface area contributed by atoms with Crippen molar-refractivity contribution in [1.82, 2.24) is 0 Å². The molecule has 3 nitrogen and oxygen atoms in total. The van der Waals surface area contributed by atoms with Crippen molar-refractivity contribution >= 4 is 52.3 Å². The van der Waals surface area contributed by atoms with Crippen molar-refractivity contribution in [1.29, 1.82) is 0 Å². The predicted octanol–water partition coefficient (Wildman–Crippen LogP) is 5.32. The van der Waals surface area contributed by atoms with Crippen LogP contribution in [0, 0.1) is 0 Å². The van der Waals surface area contributed by atoms with E-state index in [4.69, 9.17) is 23.2 Å². The first-order chi connectivity index (χ1) is 11.0. The first kappa shape index (κ1) is 17.9. The van der Waals surface area contributed by atoms with Gasteiger partial charge in [-0.2, -0.15) is 0 Å². The second kappa shape index (κ2) is 8.39. The lowest BCUT2D eigenvalue weighted by Crippen LogP contribution is -2.12. The van der Waals surface area contributed by atoms with Gasteiger partial charge in [-0.1, -0.05) is 29.3 Å². The third kappa shape index (κ3) is 5.27. The Kier molecular flexibility index (Phi) is 6.51. The van der Waals surface area contributed by atoms with Crippen molar-refractivity contribution < 1.29 is 9.59 Å². The maximum atomic E-state index is 11.9. The van der Waals surface area contributed by atoms with E-state index in [1.54, 1.807) is 42.5 Å². The number of amides is 1. The number of nitrogens with one attached hydrogen (secondary N) is 1. The molecule has 0 saturated carbocycles. The predicted molar refractivity (Wildman–Crippen MR) is 96.9 cm³/mol. The van der Waals surface area contributed by atoms with Gasteiger partial charge in [0.15, 0.2) is 5.78 Å². The minimum Gasteiger partial charge on any atom is -0.326 e. The van der Waals surface area contributed by atoms with Crippen molar-refractivity contribution in [3.8, 4) is 0 Å². The Hall–Kier alpha value is -1.49. The third-order valence-electron chi connectivity index (χ3n) is 3.07. The van der Waals surface area contributed by atoms with E-state index >= 15 is 0 Å². The minimum atomic E-state index is -0.101. The fraction of sp³-hybridized carbons (Fsp3) is 0.176. The Morgan fingerprint density at radius 1 is 1.04 bits per heavy atom. The van der Waals surface area contributed by atoms with Gasteiger partial charge in [-0.15, -0.1) is 11.8 Å². The molecule has 0 saturated heterocycles. The number of rotatable bonds is 6. The van der Waals surface area contributed by atoms with E-state index in [0.717, 1.165) is 4.90 Å². The van der Waals surface area contributed by atoms with E-state index in [-0.39, 0.29) is 11.7 Å². The molecule has 0 heterocycles. The van der Waals surface area contributed by atoms with Gasteiger partial charge in [0.2, 0.25) is 5.91 Å². The highest BCUT2D eigenvalue weighted by molar-refractivity contribution is 7.99. The average Bonchev–Trinajstić information content (AvgIpc) is 2.51. The molecule has 1 amide bonds. The van der Waals surface area contributed by atoms with Gasteiger partial charge < -0.3 is 5.32 Å². The molecule has 0 unspecified atom stereocenters. The summed E-state index contributed by atoms with van der Waals surface area (Å²) in [6.45, 7) is 1.50. The van der Waals surface area contributed by atoms with Crippen LogP contribution in [-0.4, -0.2) is 17.4 Å². The summed E-state index contributed by atoms with van der Waals surface area (Å²) >= 11 is 13.6. The molecule has 0 aliphatic rings. The molecule has 0 atom stereocenters. The van der Waals surface area contributed by atoms with Gasteiger partial charge in [0.25, 0.3) is 0 Å². The van der Waals surface area contributed by atoms with E-state index in [2.05, 4.69) is 5.32 Å². The molecule has 2 rings (SSSR count). The second-order valence-corrected chi connectivity index (χ2v) is 6.75. The molecule has 2 aromatic rings. The quantitative estimate of drug-likeness (QED) is 0.555. The highest BCUT2D eigenvalue weighted by atomic mass is 35.5. The number of anilines is 1. The SMILES string of the molecule is CC(=O)c1ccc(NC(=O)CCSc2c(Cl)cccc2Cl)cc1. The van der Waals surface area contributed by atoms with E-state index in [1.807, 2.05) is 0 Å². The van der Waals surface area contributed by atoms with E-state index in [1.165, 1.54) is 18.7 Å². The van der Waals surface area contributed by atoms with Crippen LogP contribution in [0.15, 0.2) is 47.4 Å². The van der Waals surface area contributed by atoms with E-state index in [0.29, 0.717) is 33.5 Å². The van der Waals surface area contributed by atoms with Gasteiger partial charge in [-0.05, 0) is 43.3 Å². The standard InChI is InChI=1S/C17H15Cl2NO2S/c1-11(21)12-5-7-13(8-6-12)20-16(22)9-10-23-17-14(18)3-2-4-15(17)19/h2-8H,9-10H2,1H3,(H,20,22). The molecule has 0 bridgehead atoms. The van der Waals surface area contributed by atoms with Crippen molar-refractivity contribution in [2.45, 2.75) is 18.2 Å². The van der Waals surface area contributed by atoms with E-state index in [9.17, 15) is 9.59 Å². The fourth-order valence-corrected chi connectivity index (χ4v) is 3.51. The molecule has 0 aromatic heterocycles. The number of benzene rings is 2. The van der Waals surface area contributed by atoms with Crippen molar-refractivity contribution in [3.63, 3.8) is 0 Å². The Balaban J connectivity index is 1.84. The Morgan fingerprint density at radius 2 is 1.65 bits per heavy atom. The van der Waals surface area contributed by atoms with Crippen molar-refractivity contribution in [3.05, 3.63) is 58.1 Å². The number of halogens is 2. The zero-order chi connectivity index (χ0) is 16.8. The topological polar surface area (TPSA) is 46.2 Å². The first-order valence-electron chi connectivity index (χ1n) is 6.95. The number of carbonyl (C=O) groups is 2. The summed E-state index contributed by atoms with van der Waals surface area (Å²) in [6.07, 6.45) is 0.334. The summed E-state index contributed by atoms with van der Waals surface area (Å²) in [5, 5.41) is 3.97. The summed E-state index contributed by atoms with van der Waals surface area (Å²) in [7, 11) is 0. The lowest BCUT2D eigenvalue weighted by Gasteiger charge is -2.07. The molecule has 23 heavy (non-hydrogen) atoms. The molecule has 6 heteroatoms. The molecule has 0 aliphatic heterocycles. The molecule has 1 N–H and O–H groups in total. The van der Waals surface area contributed by atoms with Crippen LogP contribution in [0.5, 0.6) is 0 Å². The number of carbonyl (C=O) groups excluding carboxylic acids is 2. The molecule has 0 spiro atoms. The van der Waals surface area contributed by atoms with E-state index < -0.39 is 0 Å². The normalized spacial score (nSPS) is 10.4. The summed E-state index contributed by atoms with van der Waals surface area (Å²) in [5.41, 5.74) is 1.28. The Labute approximate surface area is 149 Å². The van der Waals surface area contributed by atoms with Gasteiger partial charge in [0.1, 0.15) is 0 Å². The minimum absolute atomic E-state index is 0.00380. The van der Waals surface area contributed by atoms with Crippen LogP contribution in [0.25, 0.3) is 0 Å². The summed E-state index contributed by atoms with van der Waals surface area (Å²) in [5.74, 6) is 0.466. The number of hydrogen-bond acceptors (Lipinski definition) is 3. The lowest BCUT2D eigenvalue weighted by molar-refractivity contribution is -0.115. The highest BCUT2D eigenvalue weighted by Crippen LogP contribution is 2.34. The highest BCUT2D eigenvalue weighted by Gasteiger charge is 2.08. The Bertz CT molecular complexity index is 697. The van der Waals surface area contributed by atoms with Crippen LogP contribution >= 0.6 is 35.0 Å². The number of ketones is 1. The lowest BCUT2D eigenvalue weighted by atomic mass is 10.1. The van der Waals surface area contributed by atoms with Crippen LogP contribution in [-0.2, 0) is 4.79 Å². The fourth-order valence-electron chi connectivity index (χ4n) is 1.88. The largest absolute Gasteiger partial charge is 0.326 e. The third-order valence-corrected chi connectivity index (χ3v) is 5.06. The van der Waals surface area contributed by atoms with Gasteiger partial charge in [0.05, 0.1) is 10.0 Å². The van der Waals surface area contributed by atoms with Gasteiger partial charge >= 0.3 is 0 Å². The number of Topliss-reactive ketones (excluding diaryl/α,β-unsaturated/α-hetero) is 1. The zero-order valence-corrected chi connectivity index (χ0v) is 14.8. The molecular formula is C17H15Cl2NO2S. The second-order valence-electron chi connectivity index (χ2n) is 4.83. The molecule has 0 aliphatic carbocycles.